The first-order valence-electron chi connectivity index (χ1n) is 7.73. The Morgan fingerprint density at radius 3 is 2.67 bits per heavy atom. The van der Waals surface area contributed by atoms with Crippen LogP contribution in [0.1, 0.15) is 27.9 Å². The Hall–Kier alpha value is -2.80. The van der Waals surface area contributed by atoms with E-state index in [0.29, 0.717) is 12.3 Å². The fraction of sp³-hybridized carbons (Fsp3) is 0.294. The van der Waals surface area contributed by atoms with Gasteiger partial charge in [-0.1, -0.05) is 30.3 Å². The minimum absolute atomic E-state index is 0.118. The molecule has 2 aromatic heterocycles. The summed E-state index contributed by atoms with van der Waals surface area (Å²) in [5.74, 6) is 0.227. The SMILES string of the molecule is Cc1ccn2nc(C(=O)N[C@@H](CN(C)C)c3ccccc3)nc2n1. The van der Waals surface area contributed by atoms with Crippen molar-refractivity contribution < 1.29 is 4.79 Å². The van der Waals surface area contributed by atoms with Gasteiger partial charge in [0.1, 0.15) is 0 Å². The van der Waals surface area contributed by atoms with Gasteiger partial charge in [0.15, 0.2) is 0 Å². The quantitative estimate of drug-likeness (QED) is 0.769. The molecule has 1 N–H and O–H groups in total. The Morgan fingerprint density at radius 2 is 1.96 bits per heavy atom. The fourth-order valence-electron chi connectivity index (χ4n) is 2.47. The highest BCUT2D eigenvalue weighted by Gasteiger charge is 2.20. The standard InChI is InChI=1S/C17H20N6O/c1-12-9-10-23-17(18-12)20-15(21-23)16(24)19-14(11-22(2)3)13-7-5-4-6-8-13/h4-10,14H,11H2,1-3H3,(H,19,24)/t14-/m0/s1. The Morgan fingerprint density at radius 1 is 1.21 bits per heavy atom. The van der Waals surface area contributed by atoms with Crippen LogP contribution in [0.15, 0.2) is 42.6 Å². The molecule has 1 aromatic carbocycles. The molecule has 0 radical (unpaired) electrons. The van der Waals surface area contributed by atoms with Gasteiger partial charge in [-0.2, -0.15) is 4.98 Å². The number of fused-ring (bicyclic) bond motifs is 1. The molecule has 7 heteroatoms. The summed E-state index contributed by atoms with van der Waals surface area (Å²) >= 11 is 0. The largest absolute Gasteiger partial charge is 0.341 e. The van der Waals surface area contributed by atoms with Crippen molar-refractivity contribution in [2.45, 2.75) is 13.0 Å². The summed E-state index contributed by atoms with van der Waals surface area (Å²) in [5, 5.41) is 7.21. The van der Waals surface area contributed by atoms with Gasteiger partial charge in [0, 0.05) is 18.4 Å². The molecule has 7 nitrogen and oxygen atoms in total. The van der Waals surface area contributed by atoms with Gasteiger partial charge < -0.3 is 10.2 Å². The Kier molecular flexibility index (Phi) is 4.52. The van der Waals surface area contributed by atoms with Crippen molar-refractivity contribution in [2.24, 2.45) is 0 Å². The predicted molar refractivity (Wildman–Crippen MR) is 90.7 cm³/mol. The van der Waals surface area contributed by atoms with Crippen molar-refractivity contribution in [2.75, 3.05) is 20.6 Å². The van der Waals surface area contributed by atoms with E-state index >= 15 is 0 Å². The zero-order valence-corrected chi connectivity index (χ0v) is 14.0. The van der Waals surface area contributed by atoms with E-state index in [2.05, 4.69) is 20.4 Å². The minimum Gasteiger partial charge on any atom is -0.341 e. The molecule has 0 aliphatic carbocycles. The molecule has 0 fully saturated rings. The van der Waals surface area contributed by atoms with Crippen LogP contribution in [0.25, 0.3) is 5.78 Å². The normalized spacial score (nSPS) is 12.5. The molecule has 0 saturated heterocycles. The van der Waals surface area contributed by atoms with Crippen LogP contribution in [0.5, 0.6) is 0 Å². The minimum atomic E-state index is -0.311. The van der Waals surface area contributed by atoms with Gasteiger partial charge >= 0.3 is 0 Å². The maximum atomic E-state index is 12.6. The van der Waals surface area contributed by atoms with Crippen LogP contribution in [0.4, 0.5) is 0 Å². The summed E-state index contributed by atoms with van der Waals surface area (Å²) in [4.78, 5) is 23.1. The van der Waals surface area contributed by atoms with E-state index in [1.165, 1.54) is 4.52 Å². The van der Waals surface area contributed by atoms with E-state index in [0.717, 1.165) is 11.3 Å². The second kappa shape index (κ2) is 6.76. The molecule has 0 saturated carbocycles. The third-order valence-corrected chi connectivity index (χ3v) is 3.60. The summed E-state index contributed by atoms with van der Waals surface area (Å²) in [7, 11) is 3.94. The molecule has 0 bridgehead atoms. The highest BCUT2D eigenvalue weighted by Crippen LogP contribution is 2.14. The van der Waals surface area contributed by atoms with Crippen LogP contribution in [0.2, 0.25) is 0 Å². The van der Waals surface area contributed by atoms with Crippen LogP contribution in [-0.4, -0.2) is 51.0 Å². The molecule has 0 aliphatic heterocycles. The first-order valence-corrected chi connectivity index (χ1v) is 7.73. The number of carbonyl (C=O) groups excluding carboxylic acids is 1. The molecule has 0 spiro atoms. The van der Waals surface area contributed by atoms with Gasteiger partial charge in [-0.15, -0.1) is 5.10 Å². The van der Waals surface area contributed by atoms with Crippen LogP contribution in [-0.2, 0) is 0 Å². The molecular weight excluding hydrogens is 304 g/mol. The van der Waals surface area contributed by atoms with Crippen LogP contribution < -0.4 is 5.32 Å². The fourth-order valence-corrected chi connectivity index (χ4v) is 2.47. The van der Waals surface area contributed by atoms with Gasteiger partial charge in [-0.05, 0) is 32.6 Å². The second-order valence-corrected chi connectivity index (χ2v) is 5.95. The topological polar surface area (TPSA) is 75.4 Å². The molecule has 1 amide bonds. The lowest BCUT2D eigenvalue weighted by molar-refractivity contribution is 0.0919. The number of aryl methyl sites for hydroxylation is 1. The molecule has 124 valence electrons. The number of benzene rings is 1. The van der Waals surface area contributed by atoms with E-state index in [4.69, 9.17) is 0 Å². The van der Waals surface area contributed by atoms with Crippen molar-refractivity contribution in [3.8, 4) is 0 Å². The van der Waals surface area contributed by atoms with Gasteiger partial charge in [0.2, 0.25) is 5.82 Å². The first kappa shape index (κ1) is 16.1. The van der Waals surface area contributed by atoms with E-state index < -0.39 is 0 Å². The molecule has 0 unspecified atom stereocenters. The molecule has 2 heterocycles. The predicted octanol–water partition coefficient (Wildman–Crippen LogP) is 1.47. The monoisotopic (exact) mass is 324 g/mol. The number of hydrogen-bond acceptors (Lipinski definition) is 5. The van der Waals surface area contributed by atoms with Crippen LogP contribution in [0.3, 0.4) is 0 Å². The van der Waals surface area contributed by atoms with Crippen molar-refractivity contribution in [3.05, 3.63) is 59.7 Å². The van der Waals surface area contributed by atoms with Crippen LogP contribution >= 0.6 is 0 Å². The smallest absolute Gasteiger partial charge is 0.291 e. The Labute approximate surface area is 140 Å². The van der Waals surface area contributed by atoms with Crippen molar-refractivity contribution in [1.82, 2.24) is 29.8 Å². The number of nitrogens with one attached hydrogen (secondary N) is 1. The van der Waals surface area contributed by atoms with E-state index in [1.54, 1.807) is 6.20 Å². The molecule has 1 atom stereocenters. The zero-order valence-electron chi connectivity index (χ0n) is 14.0. The van der Waals surface area contributed by atoms with Crippen LogP contribution in [0, 0.1) is 6.92 Å². The number of aromatic nitrogens is 4. The second-order valence-electron chi connectivity index (χ2n) is 5.95. The summed E-state index contributed by atoms with van der Waals surface area (Å²) in [6, 6.07) is 11.5. The van der Waals surface area contributed by atoms with Crippen molar-refractivity contribution in [1.29, 1.82) is 0 Å². The molecule has 3 aromatic rings. The van der Waals surface area contributed by atoms with Gasteiger partial charge in [0.05, 0.1) is 6.04 Å². The third-order valence-electron chi connectivity index (χ3n) is 3.60. The van der Waals surface area contributed by atoms with Gasteiger partial charge in [-0.25, -0.2) is 9.50 Å². The van der Waals surface area contributed by atoms with E-state index in [9.17, 15) is 4.79 Å². The molecule has 0 aliphatic rings. The average molecular weight is 324 g/mol. The summed E-state index contributed by atoms with van der Waals surface area (Å²) in [6.45, 7) is 2.55. The van der Waals surface area contributed by atoms with Crippen molar-refractivity contribution in [3.63, 3.8) is 0 Å². The Balaban J connectivity index is 1.84. The lowest BCUT2D eigenvalue weighted by Crippen LogP contribution is -2.35. The molecule has 3 rings (SSSR count). The van der Waals surface area contributed by atoms with Gasteiger partial charge in [-0.3, -0.25) is 4.79 Å². The lowest BCUT2D eigenvalue weighted by Gasteiger charge is -2.22. The number of likely N-dealkylation sites (N-methyl/N-ethyl adjacent to an activating group) is 1. The number of nitrogens with zero attached hydrogens (tertiary/aromatic N) is 5. The highest BCUT2D eigenvalue weighted by atomic mass is 16.2. The number of rotatable bonds is 5. The molecular formula is C17H20N6O. The average Bonchev–Trinajstić information content (AvgIpc) is 2.98. The van der Waals surface area contributed by atoms with E-state index in [-0.39, 0.29) is 17.8 Å². The number of amides is 1. The number of hydrogen-bond donors (Lipinski definition) is 1. The summed E-state index contributed by atoms with van der Waals surface area (Å²) < 4.78 is 1.51. The maximum absolute atomic E-state index is 12.6. The lowest BCUT2D eigenvalue weighted by atomic mass is 10.1. The summed E-state index contributed by atoms with van der Waals surface area (Å²) in [5.41, 5.74) is 1.87. The third kappa shape index (κ3) is 3.57. The zero-order chi connectivity index (χ0) is 17.1. The van der Waals surface area contributed by atoms with Crippen molar-refractivity contribution >= 4 is 11.7 Å². The van der Waals surface area contributed by atoms with E-state index in [1.807, 2.05) is 62.3 Å². The summed E-state index contributed by atoms with van der Waals surface area (Å²) in [6.07, 6.45) is 1.75. The maximum Gasteiger partial charge on any atom is 0.291 e. The highest BCUT2D eigenvalue weighted by molar-refractivity contribution is 5.91. The van der Waals surface area contributed by atoms with Gasteiger partial charge in [0.25, 0.3) is 11.7 Å². The molecule has 24 heavy (non-hydrogen) atoms. The Bertz CT molecular complexity index is 843. The number of carbonyl (C=O) groups is 1. The first-order chi connectivity index (χ1) is 11.5.